The Morgan fingerprint density at radius 2 is 1.07 bits per heavy atom. The smallest absolute Gasteiger partial charge is 0.226 e. The molecule has 8 nitrogen and oxygen atoms in total. The highest BCUT2D eigenvalue weighted by atomic mass is 32.2. The number of alkyl halides is 6. The second kappa shape index (κ2) is 10.2. The maximum absolute atomic E-state index is 13.8. The summed E-state index contributed by atoms with van der Waals surface area (Å²) in [6.45, 7) is 18.9. The summed E-state index contributed by atoms with van der Waals surface area (Å²) in [5, 5.41) is 19.6. The number of fused-ring (bicyclic) bond motifs is 6. The average molecular weight is 673 g/mol. The molecule has 46 heavy (non-hydrogen) atoms. The third-order valence-corrected chi connectivity index (χ3v) is 11.1. The Kier molecular flexibility index (Phi) is 7.13. The lowest BCUT2D eigenvalue weighted by molar-refractivity contribution is -0.0456. The third kappa shape index (κ3) is 4.37. The second-order valence-electron chi connectivity index (χ2n) is 10.4. The molecule has 0 aromatic heterocycles. The second-order valence-corrected chi connectivity index (χ2v) is 14.2. The normalized spacial score (nSPS) is 14.9. The first-order valence-electron chi connectivity index (χ1n) is 12.7. The van der Waals surface area contributed by atoms with Gasteiger partial charge in [-0.05, 0) is 94.5 Å². The molecule has 0 atom stereocenters. The van der Waals surface area contributed by atoms with Gasteiger partial charge in [-0.15, -0.1) is 0 Å². The van der Waals surface area contributed by atoms with E-state index in [0.717, 1.165) is 11.1 Å². The Morgan fingerprint density at radius 1 is 0.696 bits per heavy atom. The van der Waals surface area contributed by atoms with Crippen molar-refractivity contribution in [1.29, 1.82) is 10.5 Å². The van der Waals surface area contributed by atoms with E-state index in [4.69, 9.17) is 13.1 Å². The van der Waals surface area contributed by atoms with Gasteiger partial charge >= 0.3 is 11.0 Å². The fourth-order valence-corrected chi connectivity index (χ4v) is 8.26. The summed E-state index contributed by atoms with van der Waals surface area (Å²) in [6.07, 6.45) is -0.576. The highest BCUT2D eigenvalue weighted by Gasteiger charge is 2.54. The molecule has 0 fully saturated rings. The van der Waals surface area contributed by atoms with Crippen LogP contribution in [0.25, 0.3) is 43.3 Å². The minimum atomic E-state index is -6.74. The first kappa shape index (κ1) is 32.2. The van der Waals surface area contributed by atoms with Crippen LogP contribution in [0.3, 0.4) is 0 Å². The fraction of sp³-hybridized carbons (Fsp3) is 0.200. The zero-order valence-electron chi connectivity index (χ0n) is 23.2. The van der Waals surface area contributed by atoms with Crippen molar-refractivity contribution in [3.63, 3.8) is 0 Å². The minimum Gasteiger partial charge on any atom is -0.226 e. The lowest BCUT2D eigenvalue weighted by atomic mass is 9.90. The van der Waals surface area contributed by atoms with Crippen molar-refractivity contribution in [3.05, 3.63) is 90.9 Å². The highest BCUT2D eigenvalue weighted by Crippen LogP contribution is 2.46. The molecular formula is C30H14F6N4O4S2. The lowest BCUT2D eigenvalue weighted by Gasteiger charge is -2.17. The van der Waals surface area contributed by atoms with E-state index in [1.54, 1.807) is 31.2 Å². The van der Waals surface area contributed by atoms with Gasteiger partial charge in [-0.3, -0.25) is 0 Å². The number of nitriles is 2. The molecule has 5 rings (SSSR count). The van der Waals surface area contributed by atoms with Crippen molar-refractivity contribution in [3.8, 4) is 34.4 Å². The van der Waals surface area contributed by atoms with Crippen LogP contribution in [0.2, 0.25) is 0 Å². The van der Waals surface area contributed by atoms with Crippen LogP contribution in [0, 0.1) is 49.7 Å². The molecule has 232 valence electrons. The van der Waals surface area contributed by atoms with Crippen LogP contribution in [-0.2, 0) is 32.5 Å². The van der Waals surface area contributed by atoms with Gasteiger partial charge in [-0.2, -0.15) is 26.3 Å². The van der Waals surface area contributed by atoms with Crippen LogP contribution in [0.5, 0.6) is 0 Å². The van der Waals surface area contributed by atoms with Crippen molar-refractivity contribution < 1.29 is 43.2 Å². The molecule has 0 spiro atoms. The standard InChI is InChI=1S/C30H14F6N4O4S2/c1-13-5-15-7-19-25(17(15)6-14(13)2)27(21(11-37)39-3)20-8-16-9-23(45(41,42)29(31,32)33)24(46(43,44)30(34,35)36)10-18(16)26(20)28(19)22(12-38)40-4/h5-6,9-10H,7-8H2,1-2H3/b27-21-,28-22+. The van der Waals surface area contributed by atoms with Crippen LogP contribution >= 0.6 is 0 Å². The Morgan fingerprint density at radius 3 is 1.46 bits per heavy atom. The van der Waals surface area contributed by atoms with Gasteiger partial charge < -0.3 is 0 Å². The number of benzene rings is 3. The van der Waals surface area contributed by atoms with Gasteiger partial charge in [-0.25, -0.2) is 37.0 Å². The molecule has 3 aromatic carbocycles. The summed E-state index contributed by atoms with van der Waals surface area (Å²) < 4.78 is 133. The van der Waals surface area contributed by atoms with Gasteiger partial charge in [0.2, 0.25) is 0 Å². The molecule has 0 aliphatic heterocycles. The van der Waals surface area contributed by atoms with Gasteiger partial charge in [-0.1, -0.05) is 12.1 Å². The minimum absolute atomic E-state index is 0.00237. The molecule has 2 aliphatic carbocycles. The number of nitrogens with zero attached hydrogens (tertiary/aromatic N) is 4. The van der Waals surface area contributed by atoms with Gasteiger partial charge in [0.05, 0.1) is 35.1 Å². The van der Waals surface area contributed by atoms with Crippen molar-refractivity contribution in [2.24, 2.45) is 0 Å². The first-order valence-corrected chi connectivity index (χ1v) is 15.6. The van der Waals surface area contributed by atoms with Gasteiger partial charge in [0.1, 0.15) is 0 Å². The Balaban J connectivity index is 2.10. The average Bonchev–Trinajstić information content (AvgIpc) is 3.51. The van der Waals surface area contributed by atoms with Crippen LogP contribution in [0.15, 0.2) is 34.1 Å². The molecule has 0 radical (unpaired) electrons. The SMILES string of the molecule is [C-]#[N+]/C(C#N)=c1/c2c(/c(=C(\C#N)[N+]#[C-])c3c1-c1cc(C)c(C)cc1C3)-c1cc(S(=O)(=O)C(F)(F)F)c(S(=O)(=O)C(F)(F)F)cc1C2. The quantitative estimate of drug-likeness (QED) is 0.189. The zero-order valence-corrected chi connectivity index (χ0v) is 24.9. The molecule has 0 saturated heterocycles. The van der Waals surface area contributed by atoms with E-state index in [1.807, 2.05) is 6.92 Å². The predicted molar refractivity (Wildman–Crippen MR) is 149 cm³/mol. The molecule has 0 amide bonds. The number of hydrogen-bond donors (Lipinski definition) is 0. The molecule has 3 aromatic rings. The molecule has 0 saturated carbocycles. The zero-order chi connectivity index (χ0) is 34.3. The van der Waals surface area contributed by atoms with E-state index in [0.29, 0.717) is 11.1 Å². The molecule has 0 bridgehead atoms. The Labute approximate surface area is 257 Å². The summed E-state index contributed by atoms with van der Waals surface area (Å²) in [7, 11) is -13.4. The number of sulfone groups is 2. The van der Waals surface area contributed by atoms with Crippen LogP contribution in [-0.4, -0.2) is 27.9 Å². The highest BCUT2D eigenvalue weighted by molar-refractivity contribution is 7.95. The van der Waals surface area contributed by atoms with Crippen LogP contribution < -0.4 is 10.4 Å². The molecule has 2 aliphatic rings. The van der Waals surface area contributed by atoms with E-state index in [9.17, 15) is 53.7 Å². The maximum atomic E-state index is 13.8. The van der Waals surface area contributed by atoms with Crippen LogP contribution in [0.1, 0.15) is 33.4 Å². The van der Waals surface area contributed by atoms with E-state index in [1.165, 1.54) is 0 Å². The summed E-state index contributed by atoms with van der Waals surface area (Å²) >= 11 is 0. The summed E-state index contributed by atoms with van der Waals surface area (Å²) in [6, 6.07) is 7.29. The van der Waals surface area contributed by atoms with E-state index in [-0.39, 0.29) is 51.2 Å². The van der Waals surface area contributed by atoms with Crippen LogP contribution in [0.4, 0.5) is 26.3 Å². The van der Waals surface area contributed by atoms with E-state index < -0.39 is 69.4 Å². The number of hydrogen-bond acceptors (Lipinski definition) is 6. The van der Waals surface area contributed by atoms with Crippen molar-refractivity contribution >= 4 is 31.1 Å². The largest absolute Gasteiger partial charge is 0.501 e. The molecule has 0 N–H and O–H groups in total. The number of aryl methyl sites for hydroxylation is 2. The van der Waals surface area contributed by atoms with Gasteiger partial charge in [0.15, 0.2) is 0 Å². The number of halogens is 6. The number of rotatable bonds is 2. The van der Waals surface area contributed by atoms with Gasteiger partial charge in [0, 0.05) is 10.4 Å². The predicted octanol–water partition coefficient (Wildman–Crippen LogP) is 5.13. The molecule has 0 unspecified atom stereocenters. The summed E-state index contributed by atoms with van der Waals surface area (Å²) in [4.78, 5) is 2.16. The van der Waals surface area contributed by atoms with Gasteiger partial charge in [0.25, 0.3) is 31.1 Å². The Bertz CT molecular complexity index is 2460. The Hall–Kier alpha value is -5.16. The van der Waals surface area contributed by atoms with Crippen molar-refractivity contribution in [2.75, 3.05) is 0 Å². The summed E-state index contributed by atoms with van der Waals surface area (Å²) in [5.41, 5.74) is -11.6. The van der Waals surface area contributed by atoms with Crippen molar-refractivity contribution in [1.82, 2.24) is 0 Å². The topological polar surface area (TPSA) is 125 Å². The summed E-state index contributed by atoms with van der Waals surface area (Å²) in [5.74, 6) is 0. The monoisotopic (exact) mass is 672 g/mol. The first-order chi connectivity index (χ1) is 21.3. The van der Waals surface area contributed by atoms with E-state index >= 15 is 0 Å². The fourth-order valence-electron chi connectivity index (χ4n) is 5.88. The van der Waals surface area contributed by atoms with E-state index in [2.05, 4.69) is 9.69 Å². The molecular weight excluding hydrogens is 658 g/mol. The maximum Gasteiger partial charge on any atom is 0.501 e. The lowest BCUT2D eigenvalue weighted by Crippen LogP contribution is -2.29. The third-order valence-electron chi connectivity index (χ3n) is 7.97. The molecule has 0 heterocycles. The molecule has 16 heteroatoms. The van der Waals surface area contributed by atoms with Crippen molar-refractivity contribution in [2.45, 2.75) is 47.5 Å².